The maximum atomic E-state index is 11.3. The van der Waals surface area contributed by atoms with Crippen LogP contribution < -0.4 is 0 Å². The average Bonchev–Trinajstić information content (AvgIpc) is 2.79. The van der Waals surface area contributed by atoms with E-state index in [1.165, 1.54) is 0 Å². The fourth-order valence-electron chi connectivity index (χ4n) is 2.38. The summed E-state index contributed by atoms with van der Waals surface area (Å²) in [6, 6.07) is 0.255. The first-order valence-corrected chi connectivity index (χ1v) is 7.78. The summed E-state index contributed by atoms with van der Waals surface area (Å²) in [4.78, 5) is 20.6. The Bertz CT molecular complexity index is 487. The first-order chi connectivity index (χ1) is 9.32. The third-order valence-corrected chi connectivity index (χ3v) is 5.00. The van der Waals surface area contributed by atoms with Crippen LogP contribution in [-0.4, -0.2) is 59.6 Å². The van der Waals surface area contributed by atoms with E-state index >= 15 is 0 Å². The number of aromatic nitrogens is 1. The number of nitrogens with zero attached hydrogens (tertiary/aromatic N) is 3. The monoisotopic (exact) mass is 297 g/mol. The van der Waals surface area contributed by atoms with Crippen molar-refractivity contribution >= 4 is 17.3 Å². The van der Waals surface area contributed by atoms with Crippen molar-refractivity contribution in [3.05, 3.63) is 16.1 Å². The van der Waals surface area contributed by atoms with Gasteiger partial charge in [-0.2, -0.15) is 0 Å². The SMILES string of the molecule is CN1CCCN(C)C(c2nc(C(C)(C)C(=O)O)cs2)C1. The molecule has 1 fully saturated rings. The average molecular weight is 297 g/mol. The minimum atomic E-state index is -0.927. The summed E-state index contributed by atoms with van der Waals surface area (Å²) in [6.07, 6.45) is 1.16. The number of likely N-dealkylation sites (N-methyl/N-ethyl adjacent to an activating group) is 2. The normalized spacial score (nSPS) is 22.7. The van der Waals surface area contributed by atoms with E-state index < -0.39 is 11.4 Å². The molecule has 1 aromatic rings. The van der Waals surface area contributed by atoms with Crippen molar-refractivity contribution in [1.29, 1.82) is 0 Å². The molecule has 1 aliphatic heterocycles. The van der Waals surface area contributed by atoms with Crippen molar-refractivity contribution in [3.63, 3.8) is 0 Å². The van der Waals surface area contributed by atoms with E-state index in [-0.39, 0.29) is 6.04 Å². The first-order valence-electron chi connectivity index (χ1n) is 6.90. The standard InChI is InChI=1S/C14H23N3O2S/c1-14(2,13(18)19)11-9-20-12(15-11)10-8-16(3)6-5-7-17(10)4/h9-10H,5-8H2,1-4H3,(H,18,19). The highest BCUT2D eigenvalue weighted by molar-refractivity contribution is 7.09. The molecule has 20 heavy (non-hydrogen) atoms. The Kier molecular flexibility index (Phi) is 4.46. The Morgan fingerprint density at radius 3 is 2.80 bits per heavy atom. The van der Waals surface area contributed by atoms with Gasteiger partial charge in [0, 0.05) is 11.9 Å². The molecular weight excluding hydrogens is 274 g/mol. The molecule has 0 saturated carbocycles. The van der Waals surface area contributed by atoms with Crippen LogP contribution in [0.5, 0.6) is 0 Å². The number of rotatable bonds is 3. The Morgan fingerprint density at radius 2 is 2.15 bits per heavy atom. The molecule has 0 bridgehead atoms. The van der Waals surface area contributed by atoms with Gasteiger partial charge < -0.3 is 10.0 Å². The minimum Gasteiger partial charge on any atom is -0.481 e. The summed E-state index contributed by atoms with van der Waals surface area (Å²) in [5.41, 5.74) is -0.269. The van der Waals surface area contributed by atoms with Crippen molar-refractivity contribution in [2.24, 2.45) is 0 Å². The molecule has 1 N–H and O–H groups in total. The second kappa shape index (κ2) is 5.79. The molecule has 1 unspecified atom stereocenters. The highest BCUT2D eigenvalue weighted by Crippen LogP contribution is 2.30. The number of aliphatic carboxylic acids is 1. The van der Waals surface area contributed by atoms with Gasteiger partial charge in [-0.1, -0.05) is 0 Å². The minimum absolute atomic E-state index is 0.255. The molecule has 0 spiro atoms. The molecule has 1 atom stereocenters. The third kappa shape index (κ3) is 3.02. The maximum absolute atomic E-state index is 11.3. The summed E-state index contributed by atoms with van der Waals surface area (Å²) in [6.45, 7) is 6.50. The van der Waals surface area contributed by atoms with Crippen LogP contribution in [0.15, 0.2) is 5.38 Å². The van der Waals surface area contributed by atoms with Gasteiger partial charge in [0.1, 0.15) is 10.4 Å². The highest BCUT2D eigenvalue weighted by atomic mass is 32.1. The molecule has 1 aliphatic rings. The summed E-state index contributed by atoms with van der Waals surface area (Å²) >= 11 is 1.57. The van der Waals surface area contributed by atoms with Crippen molar-refractivity contribution < 1.29 is 9.90 Å². The third-order valence-electron chi connectivity index (χ3n) is 4.05. The van der Waals surface area contributed by atoms with Crippen molar-refractivity contribution in [3.8, 4) is 0 Å². The second-order valence-corrected chi connectivity index (χ2v) is 7.00. The molecule has 0 aliphatic carbocycles. The fourth-order valence-corrected chi connectivity index (χ4v) is 3.52. The Hall–Kier alpha value is -0.980. The number of hydrogen-bond donors (Lipinski definition) is 1. The Balaban J connectivity index is 2.25. The van der Waals surface area contributed by atoms with Crippen LogP contribution in [0, 0.1) is 0 Å². The zero-order chi connectivity index (χ0) is 14.9. The molecule has 112 valence electrons. The number of hydrogen-bond acceptors (Lipinski definition) is 5. The van der Waals surface area contributed by atoms with Gasteiger partial charge in [0.25, 0.3) is 0 Å². The number of thiazole rings is 1. The van der Waals surface area contributed by atoms with Crippen LogP contribution in [0.3, 0.4) is 0 Å². The van der Waals surface area contributed by atoms with E-state index in [2.05, 4.69) is 28.9 Å². The molecule has 2 rings (SSSR count). The molecule has 6 heteroatoms. The largest absolute Gasteiger partial charge is 0.481 e. The lowest BCUT2D eigenvalue weighted by Crippen LogP contribution is -2.31. The van der Waals surface area contributed by atoms with Crippen molar-refractivity contribution in [2.45, 2.75) is 31.7 Å². The van der Waals surface area contributed by atoms with Gasteiger partial charge >= 0.3 is 5.97 Å². The van der Waals surface area contributed by atoms with E-state index in [1.54, 1.807) is 25.2 Å². The van der Waals surface area contributed by atoms with Gasteiger partial charge in [0.05, 0.1) is 11.7 Å². The fraction of sp³-hybridized carbons (Fsp3) is 0.714. The Morgan fingerprint density at radius 1 is 1.45 bits per heavy atom. The number of carbonyl (C=O) groups is 1. The molecule has 2 heterocycles. The zero-order valence-electron chi connectivity index (χ0n) is 12.6. The van der Waals surface area contributed by atoms with Crippen LogP contribution in [-0.2, 0) is 10.2 Å². The second-order valence-electron chi connectivity index (χ2n) is 6.11. The molecular formula is C14H23N3O2S. The maximum Gasteiger partial charge on any atom is 0.315 e. The molecule has 1 aromatic heterocycles. The van der Waals surface area contributed by atoms with Crippen LogP contribution >= 0.6 is 11.3 Å². The van der Waals surface area contributed by atoms with Crippen LogP contribution in [0.25, 0.3) is 0 Å². The number of carboxylic acids is 1. The molecule has 0 amide bonds. The summed E-state index contributed by atoms with van der Waals surface area (Å²) < 4.78 is 0. The lowest BCUT2D eigenvalue weighted by atomic mass is 9.90. The van der Waals surface area contributed by atoms with Crippen molar-refractivity contribution in [2.75, 3.05) is 33.7 Å². The predicted octanol–water partition coefficient (Wildman–Crippen LogP) is 1.81. The lowest BCUT2D eigenvalue weighted by Gasteiger charge is -2.25. The van der Waals surface area contributed by atoms with E-state index in [0.717, 1.165) is 31.1 Å². The molecule has 0 radical (unpaired) electrons. The van der Waals surface area contributed by atoms with Crippen LogP contribution in [0.4, 0.5) is 0 Å². The smallest absolute Gasteiger partial charge is 0.315 e. The Labute approximate surface area is 124 Å². The van der Waals surface area contributed by atoms with Gasteiger partial charge in [-0.15, -0.1) is 11.3 Å². The molecule has 5 nitrogen and oxygen atoms in total. The van der Waals surface area contributed by atoms with Gasteiger partial charge in [-0.25, -0.2) is 4.98 Å². The summed E-state index contributed by atoms with van der Waals surface area (Å²) in [7, 11) is 4.25. The van der Waals surface area contributed by atoms with E-state index in [4.69, 9.17) is 0 Å². The van der Waals surface area contributed by atoms with Gasteiger partial charge in [0.2, 0.25) is 0 Å². The van der Waals surface area contributed by atoms with Crippen LogP contribution in [0.2, 0.25) is 0 Å². The predicted molar refractivity (Wildman–Crippen MR) is 80.3 cm³/mol. The quantitative estimate of drug-likeness (QED) is 0.922. The van der Waals surface area contributed by atoms with Gasteiger partial charge in [0.15, 0.2) is 0 Å². The summed E-state index contributed by atoms with van der Waals surface area (Å²) in [5, 5.41) is 12.2. The number of carboxylic acid groups (broad SMARTS) is 1. The van der Waals surface area contributed by atoms with Crippen LogP contribution in [0.1, 0.15) is 37.0 Å². The van der Waals surface area contributed by atoms with E-state index in [0.29, 0.717) is 5.69 Å². The molecule has 1 saturated heterocycles. The zero-order valence-corrected chi connectivity index (χ0v) is 13.4. The van der Waals surface area contributed by atoms with Gasteiger partial charge in [-0.3, -0.25) is 9.69 Å². The van der Waals surface area contributed by atoms with Crippen molar-refractivity contribution in [1.82, 2.24) is 14.8 Å². The van der Waals surface area contributed by atoms with E-state index in [9.17, 15) is 9.90 Å². The lowest BCUT2D eigenvalue weighted by molar-refractivity contribution is -0.142. The molecule has 0 aromatic carbocycles. The van der Waals surface area contributed by atoms with Gasteiger partial charge in [-0.05, 0) is 47.5 Å². The highest BCUT2D eigenvalue weighted by Gasteiger charge is 2.33. The van der Waals surface area contributed by atoms with E-state index in [1.807, 2.05) is 5.38 Å². The topological polar surface area (TPSA) is 56.7 Å². The summed E-state index contributed by atoms with van der Waals surface area (Å²) in [5.74, 6) is -0.833. The first kappa shape index (κ1) is 15.4.